The fourth-order valence-corrected chi connectivity index (χ4v) is 2.97. The van der Waals surface area contributed by atoms with Gasteiger partial charge in [-0.15, -0.1) is 0 Å². The molecular weight excluding hydrogens is 332 g/mol. The molecule has 130 valence electrons. The number of nitrogens with zero attached hydrogens (tertiary/aromatic N) is 3. The molecule has 0 unspecified atom stereocenters. The lowest BCUT2D eigenvalue weighted by Gasteiger charge is -2.12. The van der Waals surface area contributed by atoms with Crippen molar-refractivity contribution in [2.45, 2.75) is 19.1 Å². The van der Waals surface area contributed by atoms with Gasteiger partial charge in [-0.25, -0.2) is 14.5 Å². The Morgan fingerprint density at radius 3 is 2.88 bits per heavy atom. The molecule has 0 fully saturated rings. The van der Waals surface area contributed by atoms with Gasteiger partial charge in [0, 0.05) is 36.3 Å². The second-order valence-electron chi connectivity index (χ2n) is 5.90. The third-order valence-corrected chi connectivity index (χ3v) is 4.21. The van der Waals surface area contributed by atoms with E-state index in [4.69, 9.17) is 4.74 Å². The largest absolute Gasteiger partial charge is 0.453 e. The SMILES string of the molecule is O=C(C[C@H]1OC(=O)c2ccccc21)NCc1cccnc1-n1cccn1. The molecule has 0 saturated heterocycles. The van der Waals surface area contributed by atoms with Crippen LogP contribution in [0, 0.1) is 0 Å². The summed E-state index contributed by atoms with van der Waals surface area (Å²) >= 11 is 0. The number of carbonyl (C=O) groups is 2. The van der Waals surface area contributed by atoms with Gasteiger partial charge in [0.1, 0.15) is 6.10 Å². The normalized spacial score (nSPS) is 15.4. The number of nitrogens with one attached hydrogen (secondary N) is 1. The van der Waals surface area contributed by atoms with Crippen molar-refractivity contribution in [3.63, 3.8) is 0 Å². The van der Waals surface area contributed by atoms with Gasteiger partial charge < -0.3 is 10.1 Å². The van der Waals surface area contributed by atoms with Gasteiger partial charge in [0.25, 0.3) is 0 Å². The molecule has 1 atom stereocenters. The van der Waals surface area contributed by atoms with Crippen LogP contribution in [-0.2, 0) is 16.1 Å². The molecule has 26 heavy (non-hydrogen) atoms. The maximum Gasteiger partial charge on any atom is 0.339 e. The molecule has 0 radical (unpaired) electrons. The van der Waals surface area contributed by atoms with Crippen LogP contribution in [0.4, 0.5) is 0 Å². The lowest BCUT2D eigenvalue weighted by Crippen LogP contribution is -2.25. The zero-order chi connectivity index (χ0) is 17.9. The summed E-state index contributed by atoms with van der Waals surface area (Å²) in [6, 6.07) is 12.6. The summed E-state index contributed by atoms with van der Waals surface area (Å²) in [6.07, 6.45) is 4.68. The molecule has 4 rings (SSSR count). The van der Waals surface area contributed by atoms with E-state index in [1.54, 1.807) is 35.4 Å². The fraction of sp³-hybridized carbons (Fsp3) is 0.158. The Balaban J connectivity index is 1.42. The van der Waals surface area contributed by atoms with E-state index in [2.05, 4.69) is 15.4 Å². The molecule has 0 aliphatic carbocycles. The summed E-state index contributed by atoms with van der Waals surface area (Å²) in [7, 11) is 0. The average molecular weight is 348 g/mol. The predicted molar refractivity (Wildman–Crippen MR) is 92.4 cm³/mol. The van der Waals surface area contributed by atoms with E-state index in [9.17, 15) is 9.59 Å². The first-order valence-electron chi connectivity index (χ1n) is 8.23. The number of carbonyl (C=O) groups excluding carboxylic acids is 2. The molecule has 0 bridgehead atoms. The van der Waals surface area contributed by atoms with Crippen molar-refractivity contribution in [3.05, 3.63) is 77.7 Å². The highest BCUT2D eigenvalue weighted by molar-refractivity contribution is 5.94. The molecule has 1 aliphatic heterocycles. The Labute approximate surface area is 149 Å². The van der Waals surface area contributed by atoms with Crippen LogP contribution in [0.2, 0.25) is 0 Å². The summed E-state index contributed by atoms with van der Waals surface area (Å²) in [4.78, 5) is 28.5. The van der Waals surface area contributed by atoms with Gasteiger partial charge >= 0.3 is 5.97 Å². The van der Waals surface area contributed by atoms with Gasteiger partial charge in [0.05, 0.1) is 12.0 Å². The molecule has 0 saturated carbocycles. The molecule has 1 N–H and O–H groups in total. The number of benzene rings is 1. The second-order valence-corrected chi connectivity index (χ2v) is 5.90. The van der Waals surface area contributed by atoms with Gasteiger partial charge in [-0.1, -0.05) is 24.3 Å². The third kappa shape index (κ3) is 3.06. The molecular formula is C19H16N4O3. The second kappa shape index (κ2) is 6.79. The number of hydrogen-bond acceptors (Lipinski definition) is 5. The fourth-order valence-electron chi connectivity index (χ4n) is 2.97. The molecule has 3 aromatic rings. The number of rotatable bonds is 5. The van der Waals surface area contributed by atoms with Crippen molar-refractivity contribution in [1.82, 2.24) is 20.1 Å². The van der Waals surface area contributed by atoms with Gasteiger partial charge in [0.15, 0.2) is 5.82 Å². The van der Waals surface area contributed by atoms with Crippen molar-refractivity contribution in [2.24, 2.45) is 0 Å². The van der Waals surface area contributed by atoms with Crippen LogP contribution in [0.25, 0.3) is 5.82 Å². The van der Waals surface area contributed by atoms with Crippen molar-refractivity contribution < 1.29 is 14.3 Å². The highest BCUT2D eigenvalue weighted by atomic mass is 16.5. The molecule has 2 aromatic heterocycles. The molecule has 7 nitrogen and oxygen atoms in total. The van der Waals surface area contributed by atoms with Crippen molar-refractivity contribution in [3.8, 4) is 5.82 Å². The maximum absolute atomic E-state index is 12.3. The number of cyclic esters (lactones) is 1. The Morgan fingerprint density at radius 2 is 2.04 bits per heavy atom. The lowest BCUT2D eigenvalue weighted by atomic mass is 10.0. The Morgan fingerprint density at radius 1 is 1.15 bits per heavy atom. The van der Waals surface area contributed by atoms with Crippen LogP contribution >= 0.6 is 0 Å². The van der Waals surface area contributed by atoms with Crippen LogP contribution in [-0.4, -0.2) is 26.6 Å². The topological polar surface area (TPSA) is 86.1 Å². The minimum Gasteiger partial charge on any atom is -0.453 e. The number of esters is 1. The standard InChI is InChI=1S/C19H16N4O3/c24-17(11-16-14-6-1-2-7-15(14)19(25)26-16)21-12-13-5-3-8-20-18(13)23-10-4-9-22-23/h1-10,16H,11-12H2,(H,21,24)/t16-/m1/s1. The first kappa shape index (κ1) is 16.0. The minimum absolute atomic E-state index is 0.0835. The first-order valence-corrected chi connectivity index (χ1v) is 8.23. The van der Waals surface area contributed by atoms with E-state index >= 15 is 0 Å². The minimum atomic E-state index is -0.543. The number of pyridine rings is 1. The maximum atomic E-state index is 12.3. The van der Waals surface area contributed by atoms with Crippen LogP contribution in [0.5, 0.6) is 0 Å². The smallest absolute Gasteiger partial charge is 0.339 e. The number of ether oxygens (including phenoxy) is 1. The van der Waals surface area contributed by atoms with E-state index in [1.807, 2.05) is 30.3 Å². The molecule has 1 aromatic carbocycles. The van der Waals surface area contributed by atoms with E-state index in [-0.39, 0.29) is 18.3 Å². The van der Waals surface area contributed by atoms with Crippen LogP contribution in [0.15, 0.2) is 61.1 Å². The van der Waals surface area contributed by atoms with Crippen LogP contribution in [0.3, 0.4) is 0 Å². The Hall–Kier alpha value is -3.48. The number of aromatic nitrogens is 3. The molecule has 7 heteroatoms. The average Bonchev–Trinajstić information content (AvgIpc) is 3.30. The number of amides is 1. The summed E-state index contributed by atoms with van der Waals surface area (Å²) in [5, 5.41) is 7.04. The van der Waals surface area contributed by atoms with Gasteiger partial charge in [0.2, 0.25) is 5.91 Å². The van der Waals surface area contributed by atoms with Crippen LogP contribution < -0.4 is 5.32 Å². The van der Waals surface area contributed by atoms with Crippen molar-refractivity contribution in [1.29, 1.82) is 0 Å². The van der Waals surface area contributed by atoms with E-state index < -0.39 is 6.10 Å². The molecule has 1 aliphatic rings. The summed E-state index contributed by atoms with van der Waals surface area (Å²) in [5.74, 6) is 0.0804. The number of hydrogen-bond donors (Lipinski definition) is 1. The molecule has 0 spiro atoms. The lowest BCUT2D eigenvalue weighted by molar-refractivity contribution is -0.123. The highest BCUT2D eigenvalue weighted by Crippen LogP contribution is 2.32. The quantitative estimate of drug-likeness (QED) is 0.714. The zero-order valence-corrected chi connectivity index (χ0v) is 13.8. The van der Waals surface area contributed by atoms with Gasteiger partial charge in [-0.3, -0.25) is 4.79 Å². The monoisotopic (exact) mass is 348 g/mol. The highest BCUT2D eigenvalue weighted by Gasteiger charge is 2.31. The predicted octanol–water partition coefficient (Wildman–Crippen LogP) is 2.19. The molecule has 1 amide bonds. The first-order chi connectivity index (χ1) is 12.7. The van der Waals surface area contributed by atoms with Gasteiger partial charge in [-0.05, 0) is 18.2 Å². The molecule has 3 heterocycles. The van der Waals surface area contributed by atoms with E-state index in [1.165, 1.54) is 0 Å². The van der Waals surface area contributed by atoms with Crippen LogP contribution in [0.1, 0.15) is 34.0 Å². The van der Waals surface area contributed by atoms with Crippen molar-refractivity contribution >= 4 is 11.9 Å². The van der Waals surface area contributed by atoms with Gasteiger partial charge in [-0.2, -0.15) is 5.10 Å². The Kier molecular flexibility index (Phi) is 4.18. The Bertz CT molecular complexity index is 953. The third-order valence-electron chi connectivity index (χ3n) is 4.21. The number of fused-ring (bicyclic) bond motifs is 1. The summed E-state index contributed by atoms with van der Waals surface area (Å²) < 4.78 is 6.96. The van der Waals surface area contributed by atoms with E-state index in [0.29, 0.717) is 17.9 Å². The van der Waals surface area contributed by atoms with E-state index in [0.717, 1.165) is 11.1 Å². The zero-order valence-electron chi connectivity index (χ0n) is 13.8. The summed E-state index contributed by atoms with van der Waals surface area (Å²) in [5.41, 5.74) is 2.12. The summed E-state index contributed by atoms with van der Waals surface area (Å²) in [6.45, 7) is 0.310. The van der Waals surface area contributed by atoms with Crippen molar-refractivity contribution in [2.75, 3.05) is 0 Å².